The number of hydrogen-bond donors (Lipinski definition) is 0. The van der Waals surface area contributed by atoms with E-state index in [2.05, 4.69) is 0 Å². The zero-order valence-electron chi connectivity index (χ0n) is 13.1. The quantitative estimate of drug-likeness (QED) is 0.833. The standard InChI is InChI=1S/C16H24N2O3S/c1-2-18(22(20,21)15-10-6-5-7-11-15)14-16(19)17-12-8-3-4-9-13-17/h5-7,10-11H,2-4,8-9,12-14H2,1H3. The summed E-state index contributed by atoms with van der Waals surface area (Å²) in [6, 6.07) is 8.29. The normalized spacial score (nSPS) is 16.5. The minimum atomic E-state index is -3.61. The first kappa shape index (κ1) is 17.0. The summed E-state index contributed by atoms with van der Waals surface area (Å²) >= 11 is 0. The van der Waals surface area contributed by atoms with Gasteiger partial charge in [-0.05, 0) is 25.0 Å². The van der Waals surface area contributed by atoms with Crippen molar-refractivity contribution in [2.45, 2.75) is 37.5 Å². The Balaban J connectivity index is 2.09. The molecule has 1 saturated heterocycles. The third-order valence-electron chi connectivity index (χ3n) is 4.00. The maximum Gasteiger partial charge on any atom is 0.243 e. The maximum atomic E-state index is 12.6. The molecule has 0 aromatic heterocycles. The zero-order chi connectivity index (χ0) is 16.0. The fourth-order valence-corrected chi connectivity index (χ4v) is 4.10. The molecule has 0 saturated carbocycles. The van der Waals surface area contributed by atoms with Crippen molar-refractivity contribution >= 4 is 15.9 Å². The van der Waals surface area contributed by atoms with Crippen LogP contribution in [0.1, 0.15) is 32.6 Å². The van der Waals surface area contributed by atoms with Crippen LogP contribution in [0.4, 0.5) is 0 Å². The van der Waals surface area contributed by atoms with Gasteiger partial charge in [-0.2, -0.15) is 4.31 Å². The molecule has 1 aliphatic heterocycles. The molecule has 0 bridgehead atoms. The highest BCUT2D eigenvalue weighted by Crippen LogP contribution is 2.16. The monoisotopic (exact) mass is 324 g/mol. The number of amides is 1. The Morgan fingerprint density at radius 3 is 2.23 bits per heavy atom. The van der Waals surface area contributed by atoms with Crippen molar-refractivity contribution in [3.8, 4) is 0 Å². The van der Waals surface area contributed by atoms with Crippen LogP contribution in [0.25, 0.3) is 0 Å². The van der Waals surface area contributed by atoms with Gasteiger partial charge in [0, 0.05) is 19.6 Å². The first-order valence-electron chi connectivity index (χ1n) is 7.88. The molecule has 0 spiro atoms. The predicted octanol–water partition coefficient (Wildman–Crippen LogP) is 2.10. The number of hydrogen-bond acceptors (Lipinski definition) is 3. The van der Waals surface area contributed by atoms with Crippen molar-refractivity contribution in [3.63, 3.8) is 0 Å². The molecule has 0 N–H and O–H groups in total. The first-order valence-corrected chi connectivity index (χ1v) is 9.32. The minimum absolute atomic E-state index is 0.0757. The highest BCUT2D eigenvalue weighted by Gasteiger charge is 2.27. The van der Waals surface area contributed by atoms with Gasteiger partial charge in [-0.25, -0.2) is 8.42 Å². The minimum Gasteiger partial charge on any atom is -0.342 e. The van der Waals surface area contributed by atoms with Gasteiger partial charge in [0.15, 0.2) is 0 Å². The molecule has 0 unspecified atom stereocenters. The second-order valence-electron chi connectivity index (χ2n) is 5.54. The lowest BCUT2D eigenvalue weighted by atomic mass is 10.2. The van der Waals surface area contributed by atoms with E-state index in [1.807, 2.05) is 0 Å². The fourth-order valence-electron chi connectivity index (χ4n) is 2.68. The SMILES string of the molecule is CCN(CC(=O)N1CCCCCC1)S(=O)(=O)c1ccccc1. The molecular weight excluding hydrogens is 300 g/mol. The van der Waals surface area contributed by atoms with Gasteiger partial charge < -0.3 is 4.90 Å². The summed E-state index contributed by atoms with van der Waals surface area (Å²) in [5.74, 6) is -0.0942. The number of likely N-dealkylation sites (tertiary alicyclic amines) is 1. The van der Waals surface area contributed by atoms with Gasteiger partial charge in [0.1, 0.15) is 0 Å². The molecule has 0 radical (unpaired) electrons. The summed E-state index contributed by atoms with van der Waals surface area (Å²) in [4.78, 5) is 14.5. The maximum absolute atomic E-state index is 12.6. The van der Waals surface area contributed by atoms with Crippen LogP contribution in [0.2, 0.25) is 0 Å². The summed E-state index contributed by atoms with van der Waals surface area (Å²) in [5.41, 5.74) is 0. The lowest BCUT2D eigenvalue weighted by molar-refractivity contribution is -0.131. The molecular formula is C16H24N2O3S. The van der Waals surface area contributed by atoms with Crippen molar-refractivity contribution in [2.75, 3.05) is 26.2 Å². The molecule has 1 heterocycles. The van der Waals surface area contributed by atoms with Crippen molar-refractivity contribution in [1.82, 2.24) is 9.21 Å². The molecule has 5 nitrogen and oxygen atoms in total. The molecule has 1 aromatic carbocycles. The largest absolute Gasteiger partial charge is 0.342 e. The summed E-state index contributed by atoms with van der Waals surface area (Å²) < 4.78 is 26.5. The van der Waals surface area contributed by atoms with E-state index in [0.29, 0.717) is 0 Å². The Hall–Kier alpha value is -1.40. The fraction of sp³-hybridized carbons (Fsp3) is 0.562. The first-order chi connectivity index (χ1) is 10.6. The average molecular weight is 324 g/mol. The Kier molecular flexibility index (Phi) is 5.97. The van der Waals surface area contributed by atoms with Crippen LogP contribution in [0.15, 0.2) is 35.2 Å². The number of carbonyl (C=O) groups is 1. The van der Waals surface area contributed by atoms with E-state index in [4.69, 9.17) is 0 Å². The van der Waals surface area contributed by atoms with Crippen molar-refractivity contribution in [1.29, 1.82) is 0 Å². The highest BCUT2D eigenvalue weighted by atomic mass is 32.2. The lowest BCUT2D eigenvalue weighted by Crippen LogP contribution is -2.43. The van der Waals surface area contributed by atoms with Crippen molar-refractivity contribution < 1.29 is 13.2 Å². The van der Waals surface area contributed by atoms with E-state index in [9.17, 15) is 13.2 Å². The Bertz CT molecular complexity index is 579. The van der Waals surface area contributed by atoms with Gasteiger partial charge in [-0.1, -0.05) is 38.0 Å². The van der Waals surface area contributed by atoms with Crippen LogP contribution in [0, 0.1) is 0 Å². The molecule has 1 aromatic rings. The van der Waals surface area contributed by atoms with Crippen LogP contribution < -0.4 is 0 Å². The second-order valence-corrected chi connectivity index (χ2v) is 7.48. The van der Waals surface area contributed by atoms with E-state index in [1.165, 1.54) is 4.31 Å². The Morgan fingerprint density at radius 2 is 1.68 bits per heavy atom. The highest BCUT2D eigenvalue weighted by molar-refractivity contribution is 7.89. The van der Waals surface area contributed by atoms with Gasteiger partial charge in [0.05, 0.1) is 11.4 Å². The van der Waals surface area contributed by atoms with Gasteiger partial charge in [-0.15, -0.1) is 0 Å². The lowest BCUT2D eigenvalue weighted by Gasteiger charge is -2.25. The molecule has 1 fully saturated rings. The molecule has 122 valence electrons. The number of nitrogens with zero attached hydrogens (tertiary/aromatic N) is 2. The van der Waals surface area contributed by atoms with E-state index >= 15 is 0 Å². The van der Waals surface area contributed by atoms with Crippen LogP contribution >= 0.6 is 0 Å². The van der Waals surface area contributed by atoms with Gasteiger partial charge in [-0.3, -0.25) is 4.79 Å². The number of rotatable bonds is 5. The summed E-state index contributed by atoms with van der Waals surface area (Å²) in [6.45, 7) is 3.45. The zero-order valence-corrected chi connectivity index (χ0v) is 13.9. The summed E-state index contributed by atoms with van der Waals surface area (Å²) in [6.07, 6.45) is 4.29. The average Bonchev–Trinajstić information content (AvgIpc) is 2.82. The molecule has 22 heavy (non-hydrogen) atoms. The number of carbonyl (C=O) groups excluding carboxylic acids is 1. The second kappa shape index (κ2) is 7.74. The van der Waals surface area contributed by atoms with Gasteiger partial charge in [0.25, 0.3) is 0 Å². The topological polar surface area (TPSA) is 57.7 Å². The molecule has 0 atom stereocenters. The van der Waals surface area contributed by atoms with E-state index in [1.54, 1.807) is 42.2 Å². The third-order valence-corrected chi connectivity index (χ3v) is 5.94. The predicted molar refractivity (Wildman–Crippen MR) is 85.9 cm³/mol. The van der Waals surface area contributed by atoms with Crippen LogP contribution in [-0.2, 0) is 14.8 Å². The van der Waals surface area contributed by atoms with Crippen LogP contribution in [0.5, 0.6) is 0 Å². The van der Waals surface area contributed by atoms with Gasteiger partial charge in [0.2, 0.25) is 15.9 Å². The molecule has 2 rings (SSSR count). The summed E-state index contributed by atoms with van der Waals surface area (Å²) in [7, 11) is -3.61. The Morgan fingerprint density at radius 1 is 1.09 bits per heavy atom. The van der Waals surface area contributed by atoms with Gasteiger partial charge >= 0.3 is 0 Å². The van der Waals surface area contributed by atoms with E-state index in [0.717, 1.165) is 38.8 Å². The van der Waals surface area contributed by atoms with Crippen LogP contribution in [-0.4, -0.2) is 49.7 Å². The smallest absolute Gasteiger partial charge is 0.243 e. The number of benzene rings is 1. The number of sulfonamides is 1. The molecule has 1 amide bonds. The van der Waals surface area contributed by atoms with Crippen LogP contribution in [0.3, 0.4) is 0 Å². The van der Waals surface area contributed by atoms with E-state index in [-0.39, 0.29) is 23.9 Å². The molecule has 6 heteroatoms. The molecule has 1 aliphatic rings. The molecule has 0 aliphatic carbocycles. The van der Waals surface area contributed by atoms with E-state index < -0.39 is 10.0 Å². The summed E-state index contributed by atoms with van der Waals surface area (Å²) in [5, 5.41) is 0. The third kappa shape index (κ3) is 4.08. The van der Waals surface area contributed by atoms with Crippen molar-refractivity contribution in [3.05, 3.63) is 30.3 Å². The number of likely N-dealkylation sites (N-methyl/N-ethyl adjacent to an activating group) is 1. The van der Waals surface area contributed by atoms with Crippen molar-refractivity contribution in [2.24, 2.45) is 0 Å². The Labute approximate surface area is 133 Å².